The number of nitrogens with zero attached hydrogens (tertiary/aromatic N) is 3. The molecule has 26 heavy (non-hydrogen) atoms. The second-order valence-corrected chi connectivity index (χ2v) is 6.77. The molecule has 2 aromatic heterocycles. The van der Waals surface area contributed by atoms with E-state index in [0.29, 0.717) is 18.0 Å². The molecule has 0 radical (unpaired) electrons. The highest BCUT2D eigenvalue weighted by Gasteiger charge is 2.16. The summed E-state index contributed by atoms with van der Waals surface area (Å²) in [5, 5.41) is 3.73. The van der Waals surface area contributed by atoms with Crippen LogP contribution < -0.4 is 5.32 Å². The van der Waals surface area contributed by atoms with Gasteiger partial charge in [-0.05, 0) is 36.2 Å². The zero-order valence-electron chi connectivity index (χ0n) is 14.6. The first-order valence-corrected chi connectivity index (χ1v) is 9.17. The minimum Gasteiger partial charge on any atom is -0.356 e. The molecule has 3 aromatic rings. The maximum Gasteiger partial charge on any atom is 0.220 e. The second-order valence-electron chi connectivity index (χ2n) is 6.34. The quantitative estimate of drug-likeness (QED) is 0.583. The van der Waals surface area contributed by atoms with E-state index in [1.165, 1.54) is 0 Å². The fraction of sp³-hybridized carbons (Fsp3) is 0.300. The first-order valence-electron chi connectivity index (χ1n) is 8.79. The number of benzene rings is 1. The number of hydrogen-bond donors (Lipinski definition) is 1. The second kappa shape index (κ2) is 9.25. The number of hydrogen-bond acceptors (Lipinski definition) is 2. The summed E-state index contributed by atoms with van der Waals surface area (Å²) in [4.78, 5) is 16.4. The highest BCUT2D eigenvalue weighted by atomic mass is 35.5. The van der Waals surface area contributed by atoms with Gasteiger partial charge in [0.1, 0.15) is 0 Å². The van der Waals surface area contributed by atoms with Gasteiger partial charge >= 0.3 is 0 Å². The predicted molar refractivity (Wildman–Crippen MR) is 103 cm³/mol. The number of imidazole rings is 1. The van der Waals surface area contributed by atoms with Gasteiger partial charge < -0.3 is 14.5 Å². The molecule has 0 aliphatic heterocycles. The van der Waals surface area contributed by atoms with Gasteiger partial charge in [0.2, 0.25) is 5.91 Å². The van der Waals surface area contributed by atoms with Crippen LogP contribution in [0.15, 0.2) is 67.5 Å². The van der Waals surface area contributed by atoms with Crippen molar-refractivity contribution in [3.8, 4) is 0 Å². The van der Waals surface area contributed by atoms with E-state index in [9.17, 15) is 4.79 Å². The Labute approximate surface area is 158 Å². The van der Waals surface area contributed by atoms with Crippen molar-refractivity contribution in [3.63, 3.8) is 0 Å². The molecule has 136 valence electrons. The maximum absolute atomic E-state index is 12.4. The largest absolute Gasteiger partial charge is 0.356 e. The Morgan fingerprint density at radius 3 is 2.58 bits per heavy atom. The molecule has 1 aromatic carbocycles. The Balaban J connectivity index is 1.54. The van der Waals surface area contributed by atoms with Gasteiger partial charge in [0.25, 0.3) is 0 Å². The average Bonchev–Trinajstić information content (AvgIpc) is 3.33. The van der Waals surface area contributed by atoms with E-state index < -0.39 is 0 Å². The lowest BCUT2D eigenvalue weighted by molar-refractivity contribution is -0.121. The molecule has 1 atom stereocenters. The van der Waals surface area contributed by atoms with Gasteiger partial charge in [0.05, 0.1) is 6.33 Å². The molecular weight excluding hydrogens is 348 g/mol. The molecule has 0 aliphatic rings. The number of halogens is 1. The van der Waals surface area contributed by atoms with E-state index in [2.05, 4.69) is 14.9 Å². The van der Waals surface area contributed by atoms with Crippen LogP contribution in [0, 0.1) is 0 Å². The smallest absolute Gasteiger partial charge is 0.220 e. The lowest BCUT2D eigenvalue weighted by Gasteiger charge is -2.18. The minimum atomic E-state index is 0.0720. The molecule has 1 N–H and O–H groups in total. The lowest BCUT2D eigenvalue weighted by Crippen LogP contribution is -2.27. The fourth-order valence-electron chi connectivity index (χ4n) is 2.97. The van der Waals surface area contributed by atoms with Crippen LogP contribution in [-0.2, 0) is 17.9 Å². The van der Waals surface area contributed by atoms with Crippen LogP contribution >= 0.6 is 11.6 Å². The summed E-state index contributed by atoms with van der Waals surface area (Å²) in [5.41, 5.74) is 1.12. The summed E-state index contributed by atoms with van der Waals surface area (Å²) >= 11 is 6.00. The van der Waals surface area contributed by atoms with Gasteiger partial charge in [-0.25, -0.2) is 4.98 Å². The van der Waals surface area contributed by atoms with E-state index in [1.54, 1.807) is 12.5 Å². The van der Waals surface area contributed by atoms with Gasteiger partial charge in [-0.15, -0.1) is 0 Å². The molecule has 0 saturated carbocycles. The van der Waals surface area contributed by atoms with E-state index in [1.807, 2.05) is 59.6 Å². The lowest BCUT2D eigenvalue weighted by atomic mass is 9.95. The molecule has 1 amide bonds. The van der Waals surface area contributed by atoms with Gasteiger partial charge in [-0.3, -0.25) is 4.79 Å². The van der Waals surface area contributed by atoms with Crippen molar-refractivity contribution in [1.82, 2.24) is 19.4 Å². The predicted octanol–water partition coefficient (Wildman–Crippen LogP) is 3.72. The maximum atomic E-state index is 12.4. The third-order valence-corrected chi connectivity index (χ3v) is 4.60. The molecule has 0 aliphatic carbocycles. The van der Waals surface area contributed by atoms with Crippen LogP contribution in [0.5, 0.6) is 0 Å². The van der Waals surface area contributed by atoms with E-state index in [4.69, 9.17) is 11.6 Å². The molecular formula is C20H23ClN4O. The number of amides is 1. The molecule has 2 heterocycles. The highest BCUT2D eigenvalue weighted by Crippen LogP contribution is 2.23. The van der Waals surface area contributed by atoms with Gasteiger partial charge in [0, 0.05) is 61.8 Å². The van der Waals surface area contributed by atoms with Crippen LogP contribution in [0.3, 0.4) is 0 Å². The Morgan fingerprint density at radius 1 is 1.12 bits per heavy atom. The number of carbonyl (C=O) groups excluding carboxylic acids is 1. The van der Waals surface area contributed by atoms with E-state index in [0.717, 1.165) is 25.1 Å². The summed E-state index contributed by atoms with van der Waals surface area (Å²) in [6.07, 6.45) is 10.8. The van der Waals surface area contributed by atoms with Crippen LogP contribution in [0.2, 0.25) is 5.02 Å². The van der Waals surface area contributed by atoms with E-state index >= 15 is 0 Å². The summed E-state index contributed by atoms with van der Waals surface area (Å²) < 4.78 is 4.11. The topological polar surface area (TPSA) is 51.9 Å². The molecule has 0 bridgehead atoms. The first-order chi connectivity index (χ1) is 12.7. The summed E-state index contributed by atoms with van der Waals surface area (Å²) in [6, 6.07) is 11.8. The molecule has 0 unspecified atom stereocenters. The average molecular weight is 371 g/mol. The van der Waals surface area contributed by atoms with Gasteiger partial charge in [-0.2, -0.15) is 0 Å². The van der Waals surface area contributed by atoms with Gasteiger partial charge in [-0.1, -0.05) is 23.7 Å². The number of nitrogens with one attached hydrogen (secondary N) is 1. The monoisotopic (exact) mass is 370 g/mol. The first kappa shape index (κ1) is 18.3. The molecule has 6 heteroatoms. The normalized spacial score (nSPS) is 12.0. The van der Waals surface area contributed by atoms with Crippen molar-refractivity contribution in [2.75, 3.05) is 6.54 Å². The Bertz CT molecular complexity index is 782. The molecule has 0 fully saturated rings. The number of aromatic nitrogens is 3. The number of carbonyl (C=O) groups is 1. The number of aryl methyl sites for hydroxylation is 1. The molecule has 0 spiro atoms. The number of rotatable bonds is 9. The Morgan fingerprint density at radius 2 is 1.88 bits per heavy atom. The van der Waals surface area contributed by atoms with Crippen LogP contribution in [0.25, 0.3) is 0 Å². The highest BCUT2D eigenvalue weighted by molar-refractivity contribution is 6.30. The van der Waals surface area contributed by atoms with Gasteiger partial charge in [0.15, 0.2) is 0 Å². The third kappa shape index (κ3) is 5.49. The van der Waals surface area contributed by atoms with Crippen LogP contribution in [0.4, 0.5) is 0 Å². The fourth-order valence-corrected chi connectivity index (χ4v) is 3.10. The van der Waals surface area contributed by atoms with Crippen molar-refractivity contribution >= 4 is 17.5 Å². The van der Waals surface area contributed by atoms with E-state index in [-0.39, 0.29) is 11.8 Å². The van der Waals surface area contributed by atoms with Crippen molar-refractivity contribution in [2.45, 2.75) is 31.8 Å². The van der Waals surface area contributed by atoms with Crippen molar-refractivity contribution in [3.05, 3.63) is 78.1 Å². The van der Waals surface area contributed by atoms with Crippen molar-refractivity contribution in [1.29, 1.82) is 0 Å². The molecule has 3 rings (SSSR count). The SMILES string of the molecule is O=C(C[C@H](Cn1cccc1)c1ccc(Cl)cc1)NCCCn1ccnc1. The standard InChI is InChI=1S/C20H23ClN4O/c21-19-6-4-17(5-7-19)18(15-24-10-1-2-11-24)14-20(26)23-8-3-12-25-13-9-22-16-25/h1-2,4-7,9-11,13,16,18H,3,8,12,14-15H2,(H,23,26)/t18-/m1/s1. The summed E-state index contributed by atoms with van der Waals surface area (Å²) in [6.45, 7) is 2.27. The molecule has 5 nitrogen and oxygen atoms in total. The minimum absolute atomic E-state index is 0.0720. The Kier molecular flexibility index (Phi) is 6.50. The summed E-state index contributed by atoms with van der Waals surface area (Å²) in [5.74, 6) is 0.177. The van der Waals surface area contributed by atoms with Crippen molar-refractivity contribution in [2.24, 2.45) is 0 Å². The Hall–Kier alpha value is -2.53. The van der Waals surface area contributed by atoms with Crippen LogP contribution in [-0.4, -0.2) is 26.6 Å². The van der Waals surface area contributed by atoms with Crippen molar-refractivity contribution < 1.29 is 4.79 Å². The zero-order valence-corrected chi connectivity index (χ0v) is 15.3. The zero-order chi connectivity index (χ0) is 18.2. The third-order valence-electron chi connectivity index (χ3n) is 4.35. The summed E-state index contributed by atoms with van der Waals surface area (Å²) in [7, 11) is 0. The van der Waals surface area contributed by atoms with Crippen LogP contribution in [0.1, 0.15) is 24.3 Å². The molecule has 0 saturated heterocycles.